The fourth-order valence-electron chi connectivity index (χ4n) is 3.10. The molecule has 1 saturated heterocycles. The van der Waals surface area contributed by atoms with Gasteiger partial charge in [-0.2, -0.15) is 0 Å². The predicted molar refractivity (Wildman–Crippen MR) is 103 cm³/mol. The van der Waals surface area contributed by atoms with Crippen LogP contribution in [-0.4, -0.2) is 38.9 Å². The molecular formula is C19H25ClFN5O. The summed E-state index contributed by atoms with van der Waals surface area (Å²) in [5.41, 5.74) is 1.38. The summed E-state index contributed by atoms with van der Waals surface area (Å²) in [7, 11) is 0. The van der Waals surface area contributed by atoms with Crippen LogP contribution in [0.4, 0.5) is 10.1 Å². The molecule has 2 heterocycles. The lowest BCUT2D eigenvalue weighted by Gasteiger charge is -2.30. The van der Waals surface area contributed by atoms with Crippen molar-refractivity contribution in [3.63, 3.8) is 0 Å². The number of carbonyl (C=O) groups excluding carboxylic acids is 1. The highest BCUT2D eigenvalue weighted by Gasteiger charge is 2.26. The summed E-state index contributed by atoms with van der Waals surface area (Å²) in [6.07, 6.45) is 3.53. The van der Waals surface area contributed by atoms with Crippen molar-refractivity contribution in [2.75, 3.05) is 18.4 Å². The highest BCUT2D eigenvalue weighted by atomic mass is 35.5. The molecular weight excluding hydrogens is 369 g/mol. The van der Waals surface area contributed by atoms with E-state index in [-0.39, 0.29) is 22.4 Å². The van der Waals surface area contributed by atoms with Crippen LogP contribution in [0.1, 0.15) is 39.3 Å². The second kappa shape index (κ2) is 7.94. The molecule has 0 spiro atoms. The van der Waals surface area contributed by atoms with Crippen LogP contribution in [0.2, 0.25) is 5.02 Å². The minimum Gasteiger partial charge on any atom is -0.326 e. The van der Waals surface area contributed by atoms with E-state index in [0.29, 0.717) is 5.69 Å². The molecule has 1 aromatic carbocycles. The molecule has 1 aliphatic rings. The number of nitrogens with zero attached hydrogens (tertiary/aromatic N) is 4. The second-order valence-electron chi connectivity index (χ2n) is 7.99. The highest BCUT2D eigenvalue weighted by molar-refractivity contribution is 6.31. The first-order valence-electron chi connectivity index (χ1n) is 9.12. The third-order valence-corrected chi connectivity index (χ3v) is 5.05. The van der Waals surface area contributed by atoms with Gasteiger partial charge < -0.3 is 5.32 Å². The highest BCUT2D eigenvalue weighted by Crippen LogP contribution is 2.23. The van der Waals surface area contributed by atoms with Crippen molar-refractivity contribution in [2.24, 2.45) is 5.92 Å². The topological polar surface area (TPSA) is 63.1 Å². The van der Waals surface area contributed by atoms with Crippen LogP contribution in [0.3, 0.4) is 0 Å². The van der Waals surface area contributed by atoms with E-state index in [1.54, 1.807) is 0 Å². The van der Waals surface area contributed by atoms with E-state index in [0.717, 1.165) is 38.2 Å². The van der Waals surface area contributed by atoms with Crippen LogP contribution in [0, 0.1) is 11.7 Å². The van der Waals surface area contributed by atoms with E-state index in [1.165, 1.54) is 18.2 Å². The zero-order valence-corrected chi connectivity index (χ0v) is 16.6. The zero-order chi connectivity index (χ0) is 19.6. The standard InChI is InChI=1S/C19H25ClFN5O/c1-19(2,3)26-12-15(23-24-26)11-25-8-6-13(7-9-25)18(27)22-14-4-5-17(21)16(20)10-14/h4-5,10,12-13H,6-9,11H2,1-3H3,(H,22,27). The summed E-state index contributed by atoms with van der Waals surface area (Å²) in [5, 5.41) is 11.3. The first-order chi connectivity index (χ1) is 12.7. The third kappa shape index (κ3) is 5.05. The summed E-state index contributed by atoms with van der Waals surface area (Å²) < 4.78 is 15.1. The first-order valence-corrected chi connectivity index (χ1v) is 9.50. The van der Waals surface area contributed by atoms with Gasteiger partial charge in [-0.1, -0.05) is 16.8 Å². The molecule has 1 aliphatic heterocycles. The maximum atomic E-state index is 13.2. The molecule has 6 nitrogen and oxygen atoms in total. The number of aromatic nitrogens is 3. The molecule has 0 saturated carbocycles. The van der Waals surface area contributed by atoms with Crippen LogP contribution < -0.4 is 5.32 Å². The molecule has 2 aromatic rings. The molecule has 0 radical (unpaired) electrons. The number of anilines is 1. The van der Waals surface area contributed by atoms with Gasteiger partial charge in [0.25, 0.3) is 0 Å². The van der Waals surface area contributed by atoms with Crippen LogP contribution in [0.5, 0.6) is 0 Å². The minimum absolute atomic E-state index is 0.00548. The number of rotatable bonds is 4. The number of nitrogens with one attached hydrogen (secondary N) is 1. The summed E-state index contributed by atoms with van der Waals surface area (Å²) in [6.45, 7) is 8.64. The number of hydrogen-bond acceptors (Lipinski definition) is 4. The Balaban J connectivity index is 1.50. The van der Waals surface area contributed by atoms with Crippen molar-refractivity contribution >= 4 is 23.2 Å². The third-order valence-electron chi connectivity index (χ3n) is 4.76. The molecule has 3 rings (SSSR count). The van der Waals surface area contributed by atoms with E-state index in [4.69, 9.17) is 11.6 Å². The Kier molecular flexibility index (Phi) is 5.81. The van der Waals surface area contributed by atoms with Crippen molar-refractivity contribution in [1.82, 2.24) is 19.9 Å². The van der Waals surface area contributed by atoms with Crippen molar-refractivity contribution in [2.45, 2.75) is 45.7 Å². The van der Waals surface area contributed by atoms with Crippen molar-refractivity contribution in [3.8, 4) is 0 Å². The fraction of sp³-hybridized carbons (Fsp3) is 0.526. The molecule has 0 unspecified atom stereocenters. The zero-order valence-electron chi connectivity index (χ0n) is 15.9. The van der Waals surface area contributed by atoms with Crippen LogP contribution in [0.15, 0.2) is 24.4 Å². The number of amides is 1. The number of benzene rings is 1. The van der Waals surface area contributed by atoms with Gasteiger partial charge in [0.15, 0.2) is 0 Å². The summed E-state index contributed by atoms with van der Waals surface area (Å²) in [5.74, 6) is -0.599. The number of carbonyl (C=O) groups is 1. The molecule has 1 amide bonds. The van der Waals surface area contributed by atoms with E-state index < -0.39 is 5.82 Å². The monoisotopic (exact) mass is 393 g/mol. The quantitative estimate of drug-likeness (QED) is 0.860. The Hall–Kier alpha value is -1.99. The van der Waals surface area contributed by atoms with Crippen molar-refractivity contribution < 1.29 is 9.18 Å². The van der Waals surface area contributed by atoms with Gasteiger partial charge in [-0.3, -0.25) is 9.69 Å². The second-order valence-corrected chi connectivity index (χ2v) is 8.40. The Morgan fingerprint density at radius 1 is 1.33 bits per heavy atom. The number of likely N-dealkylation sites (tertiary alicyclic amines) is 1. The largest absolute Gasteiger partial charge is 0.326 e. The molecule has 0 bridgehead atoms. The average molecular weight is 394 g/mol. The Labute approximate surface area is 163 Å². The smallest absolute Gasteiger partial charge is 0.227 e. The van der Waals surface area contributed by atoms with E-state index in [9.17, 15) is 9.18 Å². The molecule has 8 heteroatoms. The maximum absolute atomic E-state index is 13.2. The lowest BCUT2D eigenvalue weighted by molar-refractivity contribution is -0.121. The lowest BCUT2D eigenvalue weighted by atomic mass is 9.95. The first kappa shape index (κ1) is 19.8. The van der Waals surface area contributed by atoms with E-state index in [2.05, 4.69) is 41.3 Å². The van der Waals surface area contributed by atoms with Crippen molar-refractivity contribution in [1.29, 1.82) is 0 Å². The molecule has 1 aromatic heterocycles. The van der Waals surface area contributed by atoms with Gasteiger partial charge >= 0.3 is 0 Å². The summed E-state index contributed by atoms with van der Waals surface area (Å²) >= 11 is 5.76. The summed E-state index contributed by atoms with van der Waals surface area (Å²) in [6, 6.07) is 4.21. The molecule has 1 N–H and O–H groups in total. The Bertz CT molecular complexity index is 809. The van der Waals surface area contributed by atoms with Gasteiger partial charge in [0, 0.05) is 18.2 Å². The number of hydrogen-bond donors (Lipinski definition) is 1. The fourth-order valence-corrected chi connectivity index (χ4v) is 3.28. The number of halogens is 2. The predicted octanol–water partition coefficient (Wildman–Crippen LogP) is 3.68. The van der Waals surface area contributed by atoms with Crippen LogP contribution in [-0.2, 0) is 16.9 Å². The maximum Gasteiger partial charge on any atom is 0.227 e. The Morgan fingerprint density at radius 2 is 2.04 bits per heavy atom. The lowest BCUT2D eigenvalue weighted by Crippen LogP contribution is -2.37. The van der Waals surface area contributed by atoms with E-state index in [1.807, 2.05) is 10.9 Å². The number of piperidine rings is 1. The molecule has 0 atom stereocenters. The van der Waals surface area contributed by atoms with Crippen molar-refractivity contribution in [3.05, 3.63) is 40.9 Å². The molecule has 0 aliphatic carbocycles. The van der Waals surface area contributed by atoms with Gasteiger partial charge in [0.05, 0.1) is 22.5 Å². The average Bonchev–Trinajstić information content (AvgIpc) is 3.08. The van der Waals surface area contributed by atoms with Gasteiger partial charge in [-0.25, -0.2) is 9.07 Å². The van der Waals surface area contributed by atoms with Gasteiger partial charge in [-0.05, 0) is 64.9 Å². The van der Waals surface area contributed by atoms with Gasteiger partial charge in [0.1, 0.15) is 5.82 Å². The molecule has 1 fully saturated rings. The molecule has 146 valence electrons. The van der Waals surface area contributed by atoms with Crippen LogP contribution >= 0.6 is 11.6 Å². The van der Waals surface area contributed by atoms with Gasteiger partial charge in [-0.15, -0.1) is 5.10 Å². The SMILES string of the molecule is CC(C)(C)n1cc(CN2CCC(C(=O)Nc3ccc(F)c(Cl)c3)CC2)nn1. The normalized spacial score (nSPS) is 16.5. The molecule has 27 heavy (non-hydrogen) atoms. The van der Waals surface area contributed by atoms with Crippen LogP contribution in [0.25, 0.3) is 0 Å². The Morgan fingerprint density at radius 3 is 2.63 bits per heavy atom. The van der Waals surface area contributed by atoms with Gasteiger partial charge in [0.2, 0.25) is 5.91 Å². The summed E-state index contributed by atoms with van der Waals surface area (Å²) in [4.78, 5) is 14.7. The minimum atomic E-state index is -0.494. The van der Waals surface area contributed by atoms with E-state index >= 15 is 0 Å².